The van der Waals surface area contributed by atoms with E-state index in [1.165, 1.54) is 48.5 Å². The molecule has 0 unspecified atom stereocenters. The van der Waals surface area contributed by atoms with Crippen LogP contribution in [0.25, 0.3) is 0 Å². The fourth-order valence-electron chi connectivity index (χ4n) is 4.30. The summed E-state index contributed by atoms with van der Waals surface area (Å²) >= 11 is 0. The molecule has 0 spiro atoms. The lowest BCUT2D eigenvalue weighted by atomic mass is 10.0. The molecule has 0 saturated heterocycles. The van der Waals surface area contributed by atoms with Gasteiger partial charge in [-0.05, 0) is 97.1 Å². The molecule has 0 saturated carbocycles. The second kappa shape index (κ2) is 17.4. The average Bonchev–Trinajstić information content (AvgIpc) is 3.19. The average molecular weight is 901 g/mol. The Morgan fingerprint density at radius 1 is 0.443 bits per heavy atom. The number of ether oxygens (including phenoxy) is 4. The lowest BCUT2D eigenvalue weighted by Crippen LogP contribution is -2.62. The zero-order valence-electron chi connectivity index (χ0n) is 29.5. The highest BCUT2D eigenvalue weighted by Gasteiger charge is 2.82. The fourth-order valence-corrected chi connectivity index (χ4v) is 4.30. The van der Waals surface area contributed by atoms with E-state index in [1.807, 2.05) is 0 Å². The molecule has 0 radical (unpaired) electrons. The Balaban J connectivity index is 1.26. The van der Waals surface area contributed by atoms with Gasteiger partial charge < -0.3 is 18.9 Å². The fraction of sp³-hybridized carbons (Fsp3) is 0.278. The number of carbonyl (C=O) groups excluding carboxylic acids is 2. The number of esters is 2. The summed E-state index contributed by atoms with van der Waals surface area (Å²) in [6.07, 6.45) is -12.1. The van der Waals surface area contributed by atoms with Gasteiger partial charge in [0.05, 0.1) is 22.5 Å². The minimum Gasteiger partial charge on any atom is -0.487 e. The highest BCUT2D eigenvalue weighted by Crippen LogP contribution is 2.53. The summed E-state index contributed by atoms with van der Waals surface area (Å²) in [5.74, 6) is -42.0. The Bertz CT molecular complexity index is 2160. The normalized spacial score (nSPS) is 13.3. The van der Waals surface area contributed by atoms with Crippen molar-refractivity contribution >= 4 is 23.3 Å². The van der Waals surface area contributed by atoms with Crippen LogP contribution in [0.2, 0.25) is 0 Å². The van der Waals surface area contributed by atoms with Crippen LogP contribution in [0.3, 0.4) is 0 Å². The van der Waals surface area contributed by atoms with Crippen LogP contribution in [0, 0.1) is 0 Å². The molecule has 4 rings (SSSR count). The maximum atomic E-state index is 13.7. The number of halogens is 17. The Labute approximate surface area is 329 Å². The van der Waals surface area contributed by atoms with Gasteiger partial charge in [-0.15, -0.1) is 0 Å². The van der Waals surface area contributed by atoms with Crippen LogP contribution in [0.5, 0.6) is 23.0 Å². The summed E-state index contributed by atoms with van der Waals surface area (Å²) in [5.41, 5.74) is -0.0616. The highest BCUT2D eigenvalue weighted by molar-refractivity contribution is 5.91. The lowest BCUT2D eigenvalue weighted by Gasteiger charge is -2.33. The molecule has 4 aromatic carbocycles. The summed E-state index contributed by atoms with van der Waals surface area (Å²) in [5, 5.41) is 7.89. The Morgan fingerprint density at radius 2 is 0.754 bits per heavy atom. The van der Waals surface area contributed by atoms with E-state index < -0.39 is 84.8 Å². The third kappa shape index (κ3) is 10.4. The summed E-state index contributed by atoms with van der Waals surface area (Å²) < 4.78 is 241. The predicted octanol–water partition coefficient (Wildman–Crippen LogP) is 11.9. The van der Waals surface area contributed by atoms with Gasteiger partial charge in [0, 0.05) is 0 Å². The van der Waals surface area contributed by atoms with Crippen LogP contribution in [0.15, 0.2) is 107 Å². The number of azo groups is 1. The van der Waals surface area contributed by atoms with E-state index in [2.05, 4.69) is 19.7 Å². The van der Waals surface area contributed by atoms with E-state index in [0.29, 0.717) is 0 Å². The summed E-state index contributed by atoms with van der Waals surface area (Å²) in [7, 11) is 0. The van der Waals surface area contributed by atoms with Gasteiger partial charge in [-0.2, -0.15) is 76.1 Å². The van der Waals surface area contributed by atoms with Crippen LogP contribution in [-0.2, 0) is 0 Å². The maximum absolute atomic E-state index is 13.7. The SMILES string of the molecule is O=C(Oc1ccc(N=Nc2ccc(OC(=O)c3ccc(OCC(F)(F)C(F)(F)C(F)(F)C(F)(F)F)cc3)cc2)cc1)c1ccc(OCC(F)(F)C(F)(F)C(F)(F)C(F)F)cc1. The van der Waals surface area contributed by atoms with Gasteiger partial charge >= 0.3 is 60.1 Å². The second-order valence-electron chi connectivity index (χ2n) is 12.1. The van der Waals surface area contributed by atoms with Crippen molar-refractivity contribution in [2.24, 2.45) is 10.2 Å². The Hall–Kier alpha value is -6.17. The zero-order valence-corrected chi connectivity index (χ0v) is 29.5. The maximum Gasteiger partial charge on any atom is 0.460 e. The molecule has 0 heterocycles. The van der Waals surface area contributed by atoms with E-state index in [0.717, 1.165) is 48.5 Å². The van der Waals surface area contributed by atoms with Gasteiger partial charge in [-0.25, -0.2) is 18.4 Å². The van der Waals surface area contributed by atoms with Gasteiger partial charge in [-0.1, -0.05) is 0 Å². The quantitative estimate of drug-likeness (QED) is 0.0453. The van der Waals surface area contributed by atoms with Crippen molar-refractivity contribution in [2.75, 3.05) is 13.2 Å². The van der Waals surface area contributed by atoms with Crippen LogP contribution in [0.1, 0.15) is 20.7 Å². The van der Waals surface area contributed by atoms with E-state index in [4.69, 9.17) is 9.47 Å². The first-order valence-electron chi connectivity index (χ1n) is 16.2. The Morgan fingerprint density at radius 3 is 1.07 bits per heavy atom. The largest absolute Gasteiger partial charge is 0.487 e. The number of carbonyl (C=O) groups is 2. The number of hydrogen-bond acceptors (Lipinski definition) is 8. The third-order valence-electron chi connectivity index (χ3n) is 7.76. The molecule has 25 heteroatoms. The predicted molar refractivity (Wildman–Crippen MR) is 173 cm³/mol. The molecular weight excluding hydrogens is 879 g/mol. The van der Waals surface area contributed by atoms with Crippen molar-refractivity contribution in [3.63, 3.8) is 0 Å². The first-order valence-corrected chi connectivity index (χ1v) is 16.2. The van der Waals surface area contributed by atoms with Crippen molar-refractivity contribution in [2.45, 2.75) is 48.1 Å². The summed E-state index contributed by atoms with van der Waals surface area (Å²) in [6, 6.07) is 17.2. The number of alkyl halides is 17. The van der Waals surface area contributed by atoms with E-state index in [-0.39, 0.29) is 34.0 Å². The monoisotopic (exact) mass is 900 g/mol. The lowest BCUT2D eigenvalue weighted by molar-refractivity contribution is -0.398. The van der Waals surface area contributed by atoms with Crippen LogP contribution < -0.4 is 18.9 Å². The standard InChI is InChI=1S/C36H21F17N2O6/c37-29(38)32(43,44)33(45,46)30(39,40)17-58-23-9-1-19(2-10-23)27(56)60-25-13-5-21(6-14-25)54-55-22-7-15-26(16-8-22)61-28(57)20-3-11-24(12-4-20)59-18-31(41,42)34(47,48)35(49,50)36(51,52)53/h1-16,29H,17-18H2. The molecule has 0 atom stereocenters. The minimum atomic E-state index is -7.09. The van der Waals surface area contributed by atoms with E-state index in [9.17, 15) is 84.2 Å². The molecule has 0 fully saturated rings. The number of hydrogen-bond donors (Lipinski definition) is 0. The van der Waals surface area contributed by atoms with Gasteiger partial charge in [-0.3, -0.25) is 0 Å². The van der Waals surface area contributed by atoms with Gasteiger partial charge in [0.25, 0.3) is 0 Å². The number of rotatable bonds is 17. The van der Waals surface area contributed by atoms with Gasteiger partial charge in [0.2, 0.25) is 0 Å². The topological polar surface area (TPSA) is 95.8 Å². The Kier molecular flexibility index (Phi) is 13.6. The molecule has 0 bridgehead atoms. The molecule has 8 nitrogen and oxygen atoms in total. The third-order valence-corrected chi connectivity index (χ3v) is 7.76. The highest BCUT2D eigenvalue weighted by atomic mass is 19.4. The molecule has 0 amide bonds. The smallest absolute Gasteiger partial charge is 0.460 e. The molecular formula is C36H21F17N2O6. The number of nitrogens with zero attached hydrogens (tertiary/aromatic N) is 2. The first kappa shape index (κ1) is 47.5. The minimum absolute atomic E-state index is 0.0437. The molecule has 0 aliphatic carbocycles. The van der Waals surface area contributed by atoms with Crippen molar-refractivity contribution in [3.8, 4) is 23.0 Å². The summed E-state index contributed by atoms with van der Waals surface area (Å²) in [6.45, 7) is -4.99. The van der Waals surface area contributed by atoms with E-state index >= 15 is 0 Å². The first-order chi connectivity index (χ1) is 28.0. The van der Waals surface area contributed by atoms with Crippen molar-refractivity contribution in [1.82, 2.24) is 0 Å². The molecule has 61 heavy (non-hydrogen) atoms. The van der Waals surface area contributed by atoms with Crippen LogP contribution >= 0.6 is 0 Å². The second-order valence-corrected chi connectivity index (χ2v) is 12.1. The molecule has 0 aromatic heterocycles. The van der Waals surface area contributed by atoms with Gasteiger partial charge in [0.1, 0.15) is 23.0 Å². The molecule has 0 N–H and O–H groups in total. The van der Waals surface area contributed by atoms with Crippen molar-refractivity contribution in [3.05, 3.63) is 108 Å². The summed E-state index contributed by atoms with van der Waals surface area (Å²) in [4.78, 5) is 24.9. The molecule has 4 aromatic rings. The number of benzene rings is 4. The molecule has 0 aliphatic heterocycles. The van der Waals surface area contributed by atoms with Crippen molar-refractivity contribution in [1.29, 1.82) is 0 Å². The van der Waals surface area contributed by atoms with Gasteiger partial charge in [0.15, 0.2) is 13.2 Å². The van der Waals surface area contributed by atoms with Crippen molar-refractivity contribution < 1.29 is 103 Å². The van der Waals surface area contributed by atoms with Crippen LogP contribution in [-0.4, -0.2) is 73.3 Å². The molecule has 330 valence electrons. The zero-order chi connectivity index (χ0) is 45.8. The van der Waals surface area contributed by atoms with E-state index in [1.54, 1.807) is 0 Å². The molecule has 0 aliphatic rings. The van der Waals surface area contributed by atoms with Crippen LogP contribution in [0.4, 0.5) is 86.0 Å².